The average Bonchev–Trinajstić information content (AvgIpc) is 2.92. The largest absolute Gasteiger partial charge is 0.345 e. The molecule has 2 N–H and O–H groups in total. The molecule has 0 bridgehead atoms. The van der Waals surface area contributed by atoms with Crippen LogP contribution in [-0.4, -0.2) is 24.2 Å². The van der Waals surface area contributed by atoms with Gasteiger partial charge in [0.25, 0.3) is 0 Å². The quantitative estimate of drug-likeness (QED) is 0.506. The van der Waals surface area contributed by atoms with Crippen molar-refractivity contribution in [2.75, 3.05) is 4.72 Å². The molecule has 8 heteroatoms. The Morgan fingerprint density at radius 2 is 2.00 bits per heavy atom. The number of carbonyl (C=O) groups is 1. The monoisotopic (exact) mass is 319 g/mol. The van der Waals surface area contributed by atoms with E-state index in [0.717, 1.165) is 0 Å². The molecular weight excluding hydrogens is 309 g/mol. The van der Waals surface area contributed by atoms with Gasteiger partial charge in [-0.1, -0.05) is 6.07 Å². The van der Waals surface area contributed by atoms with Gasteiger partial charge in [0.1, 0.15) is 5.65 Å². The van der Waals surface area contributed by atoms with Gasteiger partial charge in [-0.15, -0.1) is 0 Å². The lowest BCUT2D eigenvalue weighted by Gasteiger charge is -2.06. The number of nitrogens with zero attached hydrogens (tertiary/aromatic N) is 1. The highest BCUT2D eigenvalue weighted by atomic mass is 32.2. The zero-order chi connectivity index (χ0) is 15.7. The van der Waals surface area contributed by atoms with E-state index in [1.54, 1.807) is 18.3 Å². The zero-order valence-corrected chi connectivity index (χ0v) is 11.9. The maximum absolute atomic E-state index is 14.3. The number of pyridine rings is 1. The van der Waals surface area contributed by atoms with Crippen LogP contribution in [0.25, 0.3) is 11.0 Å². The molecule has 0 atom stereocenters. The molecule has 0 unspecified atom stereocenters. The van der Waals surface area contributed by atoms with Gasteiger partial charge in [0.15, 0.2) is 11.6 Å². The van der Waals surface area contributed by atoms with E-state index < -0.39 is 22.5 Å². The maximum atomic E-state index is 14.3. The molecule has 6 nitrogen and oxygen atoms in total. The van der Waals surface area contributed by atoms with E-state index in [4.69, 9.17) is 0 Å². The number of aromatic nitrogens is 2. The minimum absolute atomic E-state index is 0.216. The molecule has 2 aromatic heterocycles. The molecule has 0 aliphatic carbocycles. The van der Waals surface area contributed by atoms with Crippen molar-refractivity contribution >= 4 is 33.4 Å². The third kappa shape index (κ3) is 2.44. The van der Waals surface area contributed by atoms with E-state index in [2.05, 4.69) is 9.97 Å². The molecule has 112 valence electrons. The Morgan fingerprint density at radius 3 is 2.77 bits per heavy atom. The van der Waals surface area contributed by atoms with Gasteiger partial charge in [-0.05, 0) is 24.3 Å². The summed E-state index contributed by atoms with van der Waals surface area (Å²) in [4.78, 5) is 19.4. The summed E-state index contributed by atoms with van der Waals surface area (Å²) in [6.07, 6.45) is 3.02. The third-order valence-electron chi connectivity index (χ3n) is 3.15. The lowest BCUT2D eigenvalue weighted by molar-refractivity contribution is 0.103. The number of rotatable bonds is 4. The van der Waals surface area contributed by atoms with Crippen molar-refractivity contribution in [1.29, 1.82) is 0 Å². The first-order chi connectivity index (χ1) is 10.6. The zero-order valence-electron chi connectivity index (χ0n) is 11.0. The summed E-state index contributed by atoms with van der Waals surface area (Å²) in [6, 6.07) is 7.32. The lowest BCUT2D eigenvalue weighted by Crippen LogP contribution is -2.07. The number of benzene rings is 1. The van der Waals surface area contributed by atoms with Gasteiger partial charge in [0, 0.05) is 23.3 Å². The van der Waals surface area contributed by atoms with Crippen molar-refractivity contribution in [2.45, 2.75) is 0 Å². The number of carbonyl (C=O) groups excluding carboxylic acids is 1. The minimum atomic E-state index is -3.02. The fourth-order valence-corrected chi connectivity index (χ4v) is 2.55. The van der Waals surface area contributed by atoms with E-state index in [1.807, 2.05) is 4.72 Å². The topological polar surface area (TPSA) is 91.9 Å². The number of hydrogen-bond acceptors (Lipinski definition) is 4. The molecule has 3 rings (SSSR count). The highest BCUT2D eigenvalue weighted by Gasteiger charge is 2.20. The molecule has 0 radical (unpaired) electrons. The summed E-state index contributed by atoms with van der Waals surface area (Å²) in [5.41, 5.74) is 0.306. The van der Waals surface area contributed by atoms with Crippen LogP contribution in [-0.2, 0) is 10.9 Å². The van der Waals surface area contributed by atoms with Gasteiger partial charge in [-0.2, -0.15) is 0 Å². The smallest absolute Gasteiger partial charge is 0.222 e. The van der Waals surface area contributed by atoms with E-state index in [0.29, 0.717) is 11.0 Å². The Kier molecular flexibility index (Phi) is 3.60. The van der Waals surface area contributed by atoms with Crippen molar-refractivity contribution in [3.63, 3.8) is 0 Å². The second kappa shape index (κ2) is 5.57. The molecule has 0 spiro atoms. The second-order valence-corrected chi connectivity index (χ2v) is 5.20. The molecule has 0 fully saturated rings. The Bertz CT molecular complexity index is 941. The molecule has 0 aliphatic rings. The van der Waals surface area contributed by atoms with Crippen molar-refractivity contribution in [1.82, 2.24) is 9.97 Å². The predicted molar refractivity (Wildman–Crippen MR) is 79.9 cm³/mol. The molecule has 22 heavy (non-hydrogen) atoms. The van der Waals surface area contributed by atoms with Gasteiger partial charge in [0.05, 0.1) is 11.3 Å². The highest BCUT2D eigenvalue weighted by Crippen LogP contribution is 2.24. The Labute approximate surface area is 126 Å². The van der Waals surface area contributed by atoms with Crippen molar-refractivity contribution in [3.05, 3.63) is 59.7 Å². The highest BCUT2D eigenvalue weighted by molar-refractivity contribution is 7.73. The van der Waals surface area contributed by atoms with Crippen molar-refractivity contribution < 1.29 is 17.6 Å². The fourth-order valence-electron chi connectivity index (χ4n) is 2.18. The van der Waals surface area contributed by atoms with Crippen molar-refractivity contribution in [3.8, 4) is 0 Å². The van der Waals surface area contributed by atoms with E-state index in [9.17, 15) is 17.6 Å². The number of anilines is 1. The minimum Gasteiger partial charge on any atom is -0.345 e. The number of aromatic amines is 1. The van der Waals surface area contributed by atoms with Gasteiger partial charge in [0.2, 0.25) is 10.9 Å². The maximum Gasteiger partial charge on any atom is 0.222 e. The van der Waals surface area contributed by atoms with Crippen molar-refractivity contribution in [2.24, 2.45) is 0 Å². The number of thiol groups is 1. The SMILES string of the molecule is O=C(c1cccc(N[SH](=O)=O)c1F)c1c[nH]c2ncccc12. The number of fused-ring (bicyclic) bond motifs is 1. The molecular formula is C14H10FN3O3S. The van der Waals surface area contributed by atoms with Crippen LogP contribution >= 0.6 is 0 Å². The van der Waals surface area contributed by atoms with Crippen LogP contribution in [0, 0.1) is 5.82 Å². The number of nitrogens with one attached hydrogen (secondary N) is 2. The molecule has 0 aliphatic heterocycles. The molecule has 0 saturated carbocycles. The van der Waals surface area contributed by atoms with E-state index >= 15 is 0 Å². The Hall–Kier alpha value is -2.74. The molecule has 0 amide bonds. The molecule has 1 aromatic carbocycles. The summed E-state index contributed by atoms with van der Waals surface area (Å²) in [7, 11) is -3.02. The van der Waals surface area contributed by atoms with Crippen LogP contribution in [0.1, 0.15) is 15.9 Å². The summed E-state index contributed by atoms with van der Waals surface area (Å²) < 4.78 is 37.6. The van der Waals surface area contributed by atoms with Gasteiger partial charge in [-0.25, -0.2) is 17.8 Å². The fraction of sp³-hybridized carbons (Fsp3) is 0. The average molecular weight is 319 g/mol. The van der Waals surface area contributed by atoms with Gasteiger partial charge in [-0.3, -0.25) is 9.52 Å². The summed E-state index contributed by atoms with van der Waals surface area (Å²) >= 11 is 0. The van der Waals surface area contributed by atoms with Crippen LogP contribution in [0.4, 0.5) is 10.1 Å². The van der Waals surface area contributed by atoms with E-state index in [-0.39, 0.29) is 16.8 Å². The van der Waals surface area contributed by atoms with Gasteiger partial charge < -0.3 is 4.98 Å². The van der Waals surface area contributed by atoms with Crippen LogP contribution in [0.15, 0.2) is 42.7 Å². The van der Waals surface area contributed by atoms with Crippen LogP contribution in [0.3, 0.4) is 0 Å². The summed E-state index contributed by atoms with van der Waals surface area (Å²) in [5, 5.41) is 0.570. The van der Waals surface area contributed by atoms with Crippen LogP contribution < -0.4 is 4.72 Å². The second-order valence-electron chi connectivity index (χ2n) is 4.47. The normalized spacial score (nSPS) is 11.0. The molecule has 3 aromatic rings. The number of ketones is 1. The Balaban J connectivity index is 2.09. The van der Waals surface area contributed by atoms with Gasteiger partial charge >= 0.3 is 0 Å². The number of halogens is 1. The standard InChI is InChI=1S/C14H10FN3O3S/c15-12-9(3-1-5-11(12)18-22(20)21)13(19)10-7-17-14-8(10)4-2-6-16-14/h1-7,22H,(H,16,17)(H,18,20,21). The van der Waals surface area contributed by atoms with Crippen LogP contribution in [0.5, 0.6) is 0 Å². The number of H-pyrrole nitrogens is 1. The molecule has 0 saturated heterocycles. The predicted octanol–water partition coefficient (Wildman–Crippen LogP) is 1.87. The number of hydrogen-bond donors (Lipinski definition) is 3. The first-order valence-electron chi connectivity index (χ1n) is 6.24. The first kappa shape index (κ1) is 14.2. The molecule has 2 heterocycles. The third-order valence-corrected chi connectivity index (χ3v) is 3.57. The first-order valence-corrected chi connectivity index (χ1v) is 7.42. The Morgan fingerprint density at radius 1 is 1.18 bits per heavy atom. The van der Waals surface area contributed by atoms with E-state index in [1.165, 1.54) is 24.4 Å². The summed E-state index contributed by atoms with van der Waals surface area (Å²) in [5.74, 6) is -1.47. The van der Waals surface area contributed by atoms with Crippen LogP contribution in [0.2, 0.25) is 0 Å². The summed E-state index contributed by atoms with van der Waals surface area (Å²) in [6.45, 7) is 0. The lowest BCUT2D eigenvalue weighted by atomic mass is 10.0.